The zero-order valence-electron chi connectivity index (χ0n) is 13.5. The molecule has 0 radical (unpaired) electrons. The van der Waals surface area contributed by atoms with Crippen molar-refractivity contribution in [1.29, 1.82) is 0 Å². The summed E-state index contributed by atoms with van der Waals surface area (Å²) in [7, 11) is 0. The van der Waals surface area contributed by atoms with E-state index in [0.29, 0.717) is 6.04 Å². The summed E-state index contributed by atoms with van der Waals surface area (Å²) < 4.78 is 2.04. The fraction of sp³-hybridized carbons (Fsp3) is 0.500. The van der Waals surface area contributed by atoms with Crippen LogP contribution in [0.3, 0.4) is 0 Å². The standard InChI is InChI=1S/C16H21N7/c1-11-20-12(2)23(21-11)10-14-4-3-7-22(14)9-13-8-19-16-15(13)17-5-6-18-16/h5-6,8,14H,3-4,7,9-10H2,1-2H3,(H,18,19). The molecule has 0 aliphatic carbocycles. The van der Waals surface area contributed by atoms with Crippen molar-refractivity contribution in [3.63, 3.8) is 0 Å². The summed E-state index contributed by atoms with van der Waals surface area (Å²) in [4.78, 5) is 18.9. The zero-order valence-corrected chi connectivity index (χ0v) is 13.5. The van der Waals surface area contributed by atoms with E-state index >= 15 is 0 Å². The molecular weight excluding hydrogens is 290 g/mol. The Bertz CT molecular complexity index is 819. The Morgan fingerprint density at radius 3 is 2.96 bits per heavy atom. The van der Waals surface area contributed by atoms with E-state index in [9.17, 15) is 0 Å². The van der Waals surface area contributed by atoms with Gasteiger partial charge in [-0.15, -0.1) is 0 Å². The fourth-order valence-corrected chi connectivity index (χ4v) is 3.49. The molecule has 4 heterocycles. The first-order valence-corrected chi connectivity index (χ1v) is 8.10. The Hall–Kier alpha value is -2.28. The molecule has 1 aliphatic rings. The van der Waals surface area contributed by atoms with Crippen LogP contribution in [0.25, 0.3) is 11.2 Å². The van der Waals surface area contributed by atoms with Gasteiger partial charge in [-0.3, -0.25) is 9.88 Å². The molecular formula is C16H21N7. The number of fused-ring (bicyclic) bond motifs is 1. The van der Waals surface area contributed by atoms with Crippen molar-refractivity contribution >= 4 is 11.2 Å². The number of likely N-dealkylation sites (tertiary alicyclic amines) is 1. The molecule has 4 rings (SSSR count). The molecule has 3 aromatic rings. The van der Waals surface area contributed by atoms with Gasteiger partial charge >= 0.3 is 0 Å². The van der Waals surface area contributed by atoms with Crippen LogP contribution >= 0.6 is 0 Å². The molecule has 1 aliphatic heterocycles. The molecule has 1 fully saturated rings. The molecule has 23 heavy (non-hydrogen) atoms. The second kappa shape index (κ2) is 5.73. The van der Waals surface area contributed by atoms with Crippen LogP contribution in [0, 0.1) is 13.8 Å². The molecule has 1 N–H and O–H groups in total. The Morgan fingerprint density at radius 1 is 1.26 bits per heavy atom. The lowest BCUT2D eigenvalue weighted by Crippen LogP contribution is -2.33. The highest BCUT2D eigenvalue weighted by Gasteiger charge is 2.26. The summed E-state index contributed by atoms with van der Waals surface area (Å²) >= 11 is 0. The Kier molecular flexibility index (Phi) is 3.57. The molecule has 1 saturated heterocycles. The third kappa shape index (κ3) is 2.72. The number of nitrogens with zero attached hydrogens (tertiary/aromatic N) is 6. The predicted molar refractivity (Wildman–Crippen MR) is 86.8 cm³/mol. The zero-order chi connectivity index (χ0) is 15.8. The molecule has 0 saturated carbocycles. The maximum atomic E-state index is 4.51. The van der Waals surface area contributed by atoms with Gasteiger partial charge < -0.3 is 4.98 Å². The average Bonchev–Trinajstić information content (AvgIpc) is 3.22. The topological polar surface area (TPSA) is 75.5 Å². The second-order valence-electron chi connectivity index (χ2n) is 6.22. The third-order valence-corrected chi connectivity index (χ3v) is 4.60. The quantitative estimate of drug-likeness (QED) is 0.795. The predicted octanol–water partition coefficient (Wildman–Crippen LogP) is 1.83. The van der Waals surface area contributed by atoms with E-state index in [4.69, 9.17) is 0 Å². The number of H-pyrrole nitrogens is 1. The van der Waals surface area contributed by atoms with Crippen molar-refractivity contribution in [2.45, 2.75) is 45.8 Å². The lowest BCUT2D eigenvalue weighted by Gasteiger charge is -2.24. The van der Waals surface area contributed by atoms with Crippen LogP contribution in [0.2, 0.25) is 0 Å². The first-order chi connectivity index (χ1) is 11.2. The summed E-state index contributed by atoms with van der Waals surface area (Å²) in [5.41, 5.74) is 3.05. The number of hydrogen-bond acceptors (Lipinski definition) is 5. The maximum absolute atomic E-state index is 4.51. The monoisotopic (exact) mass is 311 g/mol. The lowest BCUT2D eigenvalue weighted by molar-refractivity contribution is 0.218. The smallest absolute Gasteiger partial charge is 0.156 e. The summed E-state index contributed by atoms with van der Waals surface area (Å²) in [6.07, 6.45) is 7.93. The van der Waals surface area contributed by atoms with Crippen LogP contribution in [0.1, 0.15) is 30.1 Å². The maximum Gasteiger partial charge on any atom is 0.156 e. The Morgan fingerprint density at radius 2 is 2.13 bits per heavy atom. The van der Waals surface area contributed by atoms with E-state index < -0.39 is 0 Å². The molecule has 7 heteroatoms. The lowest BCUT2D eigenvalue weighted by atomic mass is 10.2. The highest BCUT2D eigenvalue weighted by atomic mass is 15.4. The van der Waals surface area contributed by atoms with Gasteiger partial charge in [0.05, 0.1) is 6.54 Å². The van der Waals surface area contributed by atoms with Crippen LogP contribution in [-0.4, -0.2) is 47.2 Å². The van der Waals surface area contributed by atoms with E-state index in [1.165, 1.54) is 18.4 Å². The number of aromatic nitrogens is 6. The van der Waals surface area contributed by atoms with Gasteiger partial charge in [-0.2, -0.15) is 5.10 Å². The van der Waals surface area contributed by atoms with Crippen LogP contribution in [0.5, 0.6) is 0 Å². The van der Waals surface area contributed by atoms with E-state index in [1.807, 2.05) is 24.7 Å². The molecule has 0 bridgehead atoms. The summed E-state index contributed by atoms with van der Waals surface area (Å²) in [5, 5.41) is 4.51. The average molecular weight is 311 g/mol. The summed E-state index contributed by atoms with van der Waals surface area (Å²) in [6, 6.07) is 0.497. The number of aryl methyl sites for hydroxylation is 2. The number of rotatable bonds is 4. The summed E-state index contributed by atoms with van der Waals surface area (Å²) in [6.45, 7) is 6.89. The number of nitrogens with one attached hydrogen (secondary N) is 1. The van der Waals surface area contributed by atoms with Crippen LogP contribution in [0.15, 0.2) is 18.6 Å². The Balaban J connectivity index is 1.53. The molecule has 3 aromatic heterocycles. The first-order valence-electron chi connectivity index (χ1n) is 8.10. The normalized spacial score (nSPS) is 19.0. The van der Waals surface area contributed by atoms with Crippen molar-refractivity contribution in [2.75, 3.05) is 6.54 Å². The van der Waals surface area contributed by atoms with Crippen molar-refractivity contribution in [3.8, 4) is 0 Å². The third-order valence-electron chi connectivity index (χ3n) is 4.60. The van der Waals surface area contributed by atoms with E-state index in [1.54, 1.807) is 12.4 Å². The van der Waals surface area contributed by atoms with E-state index in [-0.39, 0.29) is 0 Å². The number of hydrogen-bond donors (Lipinski definition) is 1. The minimum atomic E-state index is 0.497. The molecule has 1 unspecified atom stereocenters. The van der Waals surface area contributed by atoms with Crippen LogP contribution < -0.4 is 0 Å². The summed E-state index contributed by atoms with van der Waals surface area (Å²) in [5.74, 6) is 1.84. The van der Waals surface area contributed by atoms with Crippen LogP contribution in [-0.2, 0) is 13.1 Å². The van der Waals surface area contributed by atoms with Gasteiger partial charge in [-0.05, 0) is 33.2 Å². The molecule has 120 valence electrons. The Labute approximate surface area is 134 Å². The van der Waals surface area contributed by atoms with Gasteiger partial charge in [0, 0.05) is 36.7 Å². The van der Waals surface area contributed by atoms with Crippen molar-refractivity contribution in [1.82, 2.24) is 34.6 Å². The van der Waals surface area contributed by atoms with Gasteiger partial charge in [-0.1, -0.05) is 0 Å². The van der Waals surface area contributed by atoms with E-state index in [2.05, 4.69) is 29.9 Å². The van der Waals surface area contributed by atoms with Crippen molar-refractivity contribution in [2.24, 2.45) is 0 Å². The largest absolute Gasteiger partial charge is 0.344 e. The fourth-order valence-electron chi connectivity index (χ4n) is 3.49. The number of aromatic amines is 1. The van der Waals surface area contributed by atoms with Gasteiger partial charge in [0.2, 0.25) is 0 Å². The SMILES string of the molecule is Cc1nc(C)n(CC2CCCN2Cc2c[nH]c3nccnc23)n1. The highest BCUT2D eigenvalue weighted by molar-refractivity contribution is 5.74. The molecule has 0 aromatic carbocycles. The van der Waals surface area contributed by atoms with Crippen LogP contribution in [0.4, 0.5) is 0 Å². The van der Waals surface area contributed by atoms with Gasteiger partial charge in [0.1, 0.15) is 17.2 Å². The van der Waals surface area contributed by atoms with Crippen molar-refractivity contribution < 1.29 is 0 Å². The second-order valence-corrected chi connectivity index (χ2v) is 6.22. The van der Waals surface area contributed by atoms with Gasteiger partial charge in [0.25, 0.3) is 0 Å². The molecule has 0 amide bonds. The molecule has 1 atom stereocenters. The van der Waals surface area contributed by atoms with Gasteiger partial charge in [0.15, 0.2) is 5.65 Å². The molecule has 0 spiro atoms. The van der Waals surface area contributed by atoms with Gasteiger partial charge in [-0.25, -0.2) is 14.6 Å². The minimum Gasteiger partial charge on any atom is -0.344 e. The van der Waals surface area contributed by atoms with E-state index in [0.717, 1.165) is 42.4 Å². The van der Waals surface area contributed by atoms with Crippen molar-refractivity contribution in [3.05, 3.63) is 35.8 Å². The highest BCUT2D eigenvalue weighted by Crippen LogP contribution is 2.24. The minimum absolute atomic E-state index is 0.497. The first kappa shape index (κ1) is 14.3. The molecule has 7 nitrogen and oxygen atoms in total.